The highest BCUT2D eigenvalue weighted by atomic mass is 16.5. The molecule has 0 saturated heterocycles. The highest BCUT2D eigenvalue weighted by molar-refractivity contribution is 5.76. The molecule has 0 aliphatic carbocycles. The van der Waals surface area contributed by atoms with Gasteiger partial charge in [-0.3, -0.25) is 0 Å². The predicted molar refractivity (Wildman–Crippen MR) is 84.3 cm³/mol. The third-order valence-electron chi connectivity index (χ3n) is 3.79. The van der Waals surface area contributed by atoms with Gasteiger partial charge in [0.1, 0.15) is 11.9 Å². The summed E-state index contributed by atoms with van der Waals surface area (Å²) < 4.78 is 12.4. The number of hydrogen-bond acceptors (Lipinski definition) is 4. The fourth-order valence-electron chi connectivity index (χ4n) is 2.58. The molecule has 1 atom stereocenters. The summed E-state index contributed by atoms with van der Waals surface area (Å²) in [6.45, 7) is 0. The molecule has 0 unspecified atom stereocenters. The van der Waals surface area contributed by atoms with Crippen LogP contribution in [0.2, 0.25) is 0 Å². The van der Waals surface area contributed by atoms with E-state index >= 15 is 0 Å². The van der Waals surface area contributed by atoms with E-state index in [9.17, 15) is 5.11 Å². The second-order valence-electron chi connectivity index (χ2n) is 5.03. The SMILES string of the molecule is COc1ccc([C@@H](O)c2nc3ccccc3n2C)cc1OC. The molecule has 1 aromatic heterocycles. The van der Waals surface area contributed by atoms with E-state index < -0.39 is 6.10 Å². The number of aromatic nitrogens is 2. The first-order valence-electron chi connectivity index (χ1n) is 6.97. The summed E-state index contributed by atoms with van der Waals surface area (Å²) >= 11 is 0. The summed E-state index contributed by atoms with van der Waals surface area (Å²) in [6.07, 6.45) is -0.836. The Balaban J connectivity index is 2.05. The van der Waals surface area contributed by atoms with Crippen LogP contribution in [0.4, 0.5) is 0 Å². The van der Waals surface area contributed by atoms with E-state index in [1.807, 2.05) is 41.9 Å². The lowest BCUT2D eigenvalue weighted by Gasteiger charge is -2.14. The second-order valence-corrected chi connectivity index (χ2v) is 5.03. The van der Waals surface area contributed by atoms with E-state index in [2.05, 4.69) is 4.98 Å². The Kier molecular flexibility index (Phi) is 3.73. The standard InChI is InChI=1S/C17H18N2O3/c1-19-13-7-5-4-6-12(13)18-17(19)16(20)11-8-9-14(21-2)15(10-11)22-3/h4-10,16,20H,1-3H3/t16-/m1/s1. The zero-order valence-electron chi connectivity index (χ0n) is 12.8. The molecule has 0 amide bonds. The summed E-state index contributed by atoms with van der Waals surface area (Å²) in [5.74, 6) is 1.80. The van der Waals surface area contributed by atoms with Crippen molar-refractivity contribution in [3.05, 3.63) is 53.9 Å². The molecule has 1 N–H and O–H groups in total. The Hall–Kier alpha value is -2.53. The lowest BCUT2D eigenvalue weighted by atomic mass is 10.1. The number of methoxy groups -OCH3 is 2. The number of aliphatic hydroxyl groups is 1. The van der Waals surface area contributed by atoms with Crippen molar-refractivity contribution < 1.29 is 14.6 Å². The van der Waals surface area contributed by atoms with Crippen LogP contribution in [-0.2, 0) is 7.05 Å². The van der Waals surface area contributed by atoms with Gasteiger partial charge in [0.15, 0.2) is 11.5 Å². The van der Waals surface area contributed by atoms with Crippen LogP contribution in [0.5, 0.6) is 11.5 Å². The van der Waals surface area contributed by atoms with Crippen molar-refractivity contribution >= 4 is 11.0 Å². The smallest absolute Gasteiger partial charge is 0.161 e. The molecule has 1 heterocycles. The summed E-state index contributed by atoms with van der Waals surface area (Å²) in [5, 5.41) is 10.7. The number of fused-ring (bicyclic) bond motifs is 1. The van der Waals surface area contributed by atoms with Crippen molar-refractivity contribution in [2.75, 3.05) is 14.2 Å². The van der Waals surface area contributed by atoms with Crippen LogP contribution in [0.1, 0.15) is 17.5 Å². The number of aliphatic hydroxyl groups excluding tert-OH is 1. The molecule has 0 saturated carbocycles. The van der Waals surface area contributed by atoms with Crippen molar-refractivity contribution in [1.82, 2.24) is 9.55 Å². The van der Waals surface area contributed by atoms with Crippen LogP contribution in [0.15, 0.2) is 42.5 Å². The van der Waals surface area contributed by atoms with Gasteiger partial charge in [-0.25, -0.2) is 4.98 Å². The van der Waals surface area contributed by atoms with Crippen molar-refractivity contribution in [1.29, 1.82) is 0 Å². The molecule has 3 rings (SSSR count). The maximum atomic E-state index is 10.7. The molecule has 0 spiro atoms. The van der Waals surface area contributed by atoms with Gasteiger partial charge in [-0.05, 0) is 29.8 Å². The fraction of sp³-hybridized carbons (Fsp3) is 0.235. The van der Waals surface area contributed by atoms with Gasteiger partial charge in [0.2, 0.25) is 0 Å². The van der Waals surface area contributed by atoms with E-state index in [0.717, 1.165) is 11.0 Å². The largest absolute Gasteiger partial charge is 0.493 e. The molecular formula is C17H18N2O3. The molecule has 0 aliphatic rings. The quantitative estimate of drug-likeness (QED) is 0.804. The lowest BCUT2D eigenvalue weighted by molar-refractivity contribution is 0.206. The normalized spacial score (nSPS) is 12.4. The summed E-state index contributed by atoms with van der Waals surface area (Å²) in [7, 11) is 5.05. The van der Waals surface area contributed by atoms with Crippen molar-refractivity contribution in [2.24, 2.45) is 7.05 Å². The molecule has 0 bridgehead atoms. The average molecular weight is 298 g/mol. The minimum absolute atomic E-state index is 0.581. The molecule has 2 aromatic carbocycles. The highest BCUT2D eigenvalue weighted by Gasteiger charge is 2.19. The van der Waals surface area contributed by atoms with Gasteiger partial charge in [0, 0.05) is 7.05 Å². The minimum Gasteiger partial charge on any atom is -0.493 e. The van der Waals surface area contributed by atoms with Gasteiger partial charge in [0.05, 0.1) is 25.3 Å². The lowest BCUT2D eigenvalue weighted by Crippen LogP contribution is -2.07. The molecule has 0 radical (unpaired) electrons. The maximum Gasteiger partial charge on any atom is 0.161 e. The molecule has 5 heteroatoms. The Bertz CT molecular complexity index is 811. The van der Waals surface area contributed by atoms with Crippen LogP contribution >= 0.6 is 0 Å². The topological polar surface area (TPSA) is 56.5 Å². The van der Waals surface area contributed by atoms with Gasteiger partial charge < -0.3 is 19.1 Å². The van der Waals surface area contributed by atoms with Gasteiger partial charge >= 0.3 is 0 Å². The Morgan fingerprint density at radius 2 is 1.77 bits per heavy atom. The Morgan fingerprint density at radius 1 is 1.05 bits per heavy atom. The summed E-state index contributed by atoms with van der Waals surface area (Å²) in [6, 6.07) is 13.2. The van der Waals surface area contributed by atoms with Crippen LogP contribution < -0.4 is 9.47 Å². The number of aryl methyl sites for hydroxylation is 1. The second kappa shape index (κ2) is 5.69. The highest BCUT2D eigenvalue weighted by Crippen LogP contribution is 2.32. The predicted octanol–water partition coefficient (Wildman–Crippen LogP) is 2.67. The van der Waals surface area contributed by atoms with Crippen LogP contribution in [-0.4, -0.2) is 28.9 Å². The molecule has 3 aromatic rings. The molecule has 0 aliphatic heterocycles. The van der Waals surface area contributed by atoms with Gasteiger partial charge in [-0.1, -0.05) is 18.2 Å². The van der Waals surface area contributed by atoms with E-state index in [-0.39, 0.29) is 0 Å². The third kappa shape index (κ3) is 2.29. The van der Waals surface area contributed by atoms with Crippen molar-refractivity contribution in [3.8, 4) is 11.5 Å². The first-order chi connectivity index (χ1) is 10.7. The van der Waals surface area contributed by atoms with E-state index in [4.69, 9.17) is 9.47 Å². The third-order valence-corrected chi connectivity index (χ3v) is 3.79. The Labute approximate surface area is 128 Å². The zero-order valence-corrected chi connectivity index (χ0v) is 12.8. The number of rotatable bonds is 4. The number of benzene rings is 2. The molecule has 114 valence electrons. The summed E-state index contributed by atoms with van der Waals surface area (Å²) in [5.41, 5.74) is 2.55. The maximum absolute atomic E-state index is 10.7. The number of ether oxygens (including phenoxy) is 2. The first kappa shape index (κ1) is 14.4. The Morgan fingerprint density at radius 3 is 2.45 bits per heavy atom. The van der Waals surface area contributed by atoms with E-state index in [1.165, 1.54) is 0 Å². The molecule has 5 nitrogen and oxygen atoms in total. The number of hydrogen-bond donors (Lipinski definition) is 1. The van der Waals surface area contributed by atoms with Gasteiger partial charge in [0.25, 0.3) is 0 Å². The van der Waals surface area contributed by atoms with Crippen LogP contribution in [0.25, 0.3) is 11.0 Å². The minimum atomic E-state index is -0.836. The number of para-hydroxylation sites is 2. The zero-order chi connectivity index (χ0) is 15.7. The van der Waals surface area contributed by atoms with Crippen LogP contribution in [0.3, 0.4) is 0 Å². The van der Waals surface area contributed by atoms with Crippen molar-refractivity contribution in [3.63, 3.8) is 0 Å². The molecule has 22 heavy (non-hydrogen) atoms. The monoisotopic (exact) mass is 298 g/mol. The number of imidazole rings is 1. The fourth-order valence-corrected chi connectivity index (χ4v) is 2.58. The first-order valence-corrected chi connectivity index (χ1v) is 6.97. The molecule has 0 fully saturated rings. The number of nitrogens with zero attached hydrogens (tertiary/aromatic N) is 2. The van der Waals surface area contributed by atoms with Gasteiger partial charge in [-0.15, -0.1) is 0 Å². The van der Waals surface area contributed by atoms with Crippen LogP contribution in [0, 0.1) is 0 Å². The van der Waals surface area contributed by atoms with Crippen molar-refractivity contribution in [2.45, 2.75) is 6.10 Å². The summed E-state index contributed by atoms with van der Waals surface area (Å²) in [4.78, 5) is 4.53. The van der Waals surface area contributed by atoms with E-state index in [0.29, 0.717) is 22.9 Å². The van der Waals surface area contributed by atoms with Gasteiger partial charge in [-0.2, -0.15) is 0 Å². The average Bonchev–Trinajstić information content (AvgIpc) is 2.91. The molecular weight excluding hydrogens is 280 g/mol. The van der Waals surface area contributed by atoms with E-state index in [1.54, 1.807) is 26.4 Å².